The minimum absolute atomic E-state index is 0. The molecule has 9 heteroatoms. The normalized spacial score (nSPS) is 16.4. The molecule has 140 valence electrons. The van der Waals surface area contributed by atoms with Crippen molar-refractivity contribution in [3.8, 4) is 5.75 Å². The van der Waals surface area contributed by atoms with E-state index in [-0.39, 0.29) is 36.6 Å². The molecule has 2 aromatic rings. The highest BCUT2D eigenvalue weighted by Crippen LogP contribution is 2.32. The van der Waals surface area contributed by atoms with Gasteiger partial charge < -0.3 is 10.1 Å². The molecule has 1 saturated heterocycles. The highest BCUT2D eigenvalue weighted by molar-refractivity contribution is 7.08. The van der Waals surface area contributed by atoms with Gasteiger partial charge in [-0.3, -0.25) is 4.90 Å². The summed E-state index contributed by atoms with van der Waals surface area (Å²) in [5.74, 6) is -0.189. The largest absolute Gasteiger partial charge is 0.573 e. The van der Waals surface area contributed by atoms with E-state index in [1.54, 1.807) is 23.5 Å². The van der Waals surface area contributed by atoms with E-state index in [0.717, 1.165) is 31.7 Å². The minimum Gasteiger partial charge on any atom is -0.406 e. The number of hydrogen-bond acceptors (Lipinski definition) is 4. The van der Waals surface area contributed by atoms with Gasteiger partial charge in [0.1, 0.15) is 5.75 Å². The second-order valence-corrected chi connectivity index (χ2v) is 6.14. The molecule has 1 aromatic heterocycles. The number of piperazine rings is 1. The molecule has 0 unspecified atom stereocenters. The van der Waals surface area contributed by atoms with Crippen LogP contribution >= 0.6 is 36.2 Å². The summed E-state index contributed by atoms with van der Waals surface area (Å²) in [6, 6.07) is 8.31. The van der Waals surface area contributed by atoms with E-state index in [2.05, 4.69) is 26.4 Å². The Hall–Kier alpha value is -0.990. The molecule has 0 bridgehead atoms. The predicted molar refractivity (Wildman–Crippen MR) is 98.2 cm³/mol. The average Bonchev–Trinajstić information content (AvgIpc) is 3.03. The first kappa shape index (κ1) is 22.1. The lowest BCUT2D eigenvalue weighted by atomic mass is 9.99. The van der Waals surface area contributed by atoms with E-state index in [4.69, 9.17) is 0 Å². The third-order valence-corrected chi connectivity index (χ3v) is 4.51. The van der Waals surface area contributed by atoms with Crippen LogP contribution in [0.1, 0.15) is 17.2 Å². The molecule has 1 N–H and O–H groups in total. The summed E-state index contributed by atoms with van der Waals surface area (Å²) in [6.07, 6.45) is -4.66. The molecule has 2 heterocycles. The molecule has 1 aliphatic heterocycles. The van der Waals surface area contributed by atoms with Gasteiger partial charge in [-0.25, -0.2) is 0 Å². The molecule has 0 amide bonds. The van der Waals surface area contributed by atoms with Crippen LogP contribution in [0.4, 0.5) is 13.2 Å². The summed E-state index contributed by atoms with van der Waals surface area (Å²) >= 11 is 1.62. The smallest absolute Gasteiger partial charge is 0.406 e. The van der Waals surface area contributed by atoms with E-state index in [1.165, 1.54) is 17.7 Å². The highest BCUT2D eigenvalue weighted by atomic mass is 35.5. The van der Waals surface area contributed by atoms with Gasteiger partial charge in [0.2, 0.25) is 0 Å². The van der Waals surface area contributed by atoms with Crippen LogP contribution in [-0.4, -0.2) is 37.4 Å². The molecule has 0 radical (unpaired) electrons. The zero-order valence-corrected chi connectivity index (χ0v) is 15.6. The topological polar surface area (TPSA) is 24.5 Å². The van der Waals surface area contributed by atoms with Crippen molar-refractivity contribution in [3.05, 3.63) is 52.2 Å². The zero-order valence-electron chi connectivity index (χ0n) is 13.2. The lowest BCUT2D eigenvalue weighted by Crippen LogP contribution is -2.45. The molecule has 1 aliphatic rings. The maximum atomic E-state index is 12.3. The standard InChI is InChI=1S/C16H17F3N2OS.2ClH/c17-16(18,19)22-14-3-1-12(2-4-14)15(13-5-10-23-11-13)21-8-6-20-7-9-21;;/h1-5,10-11,15,20H,6-9H2;2*1H/t15-;;/m0../s1. The Morgan fingerprint density at radius 1 is 1.00 bits per heavy atom. The van der Waals surface area contributed by atoms with Gasteiger partial charge in [-0.05, 0) is 40.1 Å². The van der Waals surface area contributed by atoms with Gasteiger partial charge in [0.05, 0.1) is 6.04 Å². The number of hydrogen-bond donors (Lipinski definition) is 1. The first-order chi connectivity index (χ1) is 11.0. The van der Waals surface area contributed by atoms with Crippen LogP contribution in [0.15, 0.2) is 41.1 Å². The molecular formula is C16H19Cl2F3N2OS. The lowest BCUT2D eigenvalue weighted by molar-refractivity contribution is -0.274. The van der Waals surface area contributed by atoms with Gasteiger partial charge in [-0.2, -0.15) is 11.3 Å². The number of nitrogens with one attached hydrogen (secondary N) is 1. The highest BCUT2D eigenvalue weighted by Gasteiger charge is 2.31. The van der Waals surface area contributed by atoms with Gasteiger partial charge in [0, 0.05) is 26.2 Å². The van der Waals surface area contributed by atoms with Gasteiger partial charge in [-0.15, -0.1) is 38.0 Å². The number of ether oxygens (including phenoxy) is 1. The maximum absolute atomic E-state index is 12.3. The number of rotatable bonds is 4. The van der Waals surface area contributed by atoms with Gasteiger partial charge >= 0.3 is 6.36 Å². The Balaban J connectivity index is 0.00000156. The molecule has 3 rings (SSSR count). The number of benzene rings is 1. The fraction of sp³-hybridized carbons (Fsp3) is 0.375. The first-order valence-corrected chi connectivity index (χ1v) is 8.30. The first-order valence-electron chi connectivity index (χ1n) is 7.35. The van der Waals surface area contributed by atoms with Crippen molar-refractivity contribution >= 4 is 36.2 Å². The van der Waals surface area contributed by atoms with Gasteiger partial charge in [0.15, 0.2) is 0 Å². The SMILES string of the molecule is Cl.Cl.FC(F)(F)Oc1ccc([C@@H](c2ccsc2)N2CCNCC2)cc1. The van der Waals surface area contributed by atoms with Crippen LogP contribution in [0.5, 0.6) is 5.75 Å². The minimum atomic E-state index is -4.66. The average molecular weight is 415 g/mol. The van der Waals surface area contributed by atoms with E-state index < -0.39 is 6.36 Å². The van der Waals surface area contributed by atoms with E-state index in [0.29, 0.717) is 0 Å². The van der Waals surface area contributed by atoms with Crippen LogP contribution in [0.25, 0.3) is 0 Å². The molecular weight excluding hydrogens is 396 g/mol. The van der Waals surface area contributed by atoms with Crippen LogP contribution < -0.4 is 10.1 Å². The third kappa shape index (κ3) is 6.04. The quantitative estimate of drug-likeness (QED) is 0.797. The van der Waals surface area contributed by atoms with Crippen molar-refractivity contribution in [2.75, 3.05) is 26.2 Å². The molecule has 0 aliphatic carbocycles. The van der Waals surface area contributed by atoms with Crippen molar-refractivity contribution in [2.45, 2.75) is 12.4 Å². The van der Waals surface area contributed by atoms with Crippen molar-refractivity contribution in [1.29, 1.82) is 0 Å². The molecule has 1 atom stereocenters. The third-order valence-electron chi connectivity index (χ3n) is 3.81. The summed E-state index contributed by atoms with van der Waals surface area (Å²) in [7, 11) is 0. The van der Waals surface area contributed by atoms with E-state index in [9.17, 15) is 13.2 Å². The summed E-state index contributed by atoms with van der Waals surface area (Å²) in [6.45, 7) is 3.63. The van der Waals surface area contributed by atoms with E-state index >= 15 is 0 Å². The Morgan fingerprint density at radius 3 is 2.16 bits per heavy atom. The van der Waals surface area contributed by atoms with Crippen molar-refractivity contribution in [2.24, 2.45) is 0 Å². The van der Waals surface area contributed by atoms with Gasteiger partial charge in [0.25, 0.3) is 0 Å². The molecule has 0 saturated carbocycles. The van der Waals surface area contributed by atoms with Crippen molar-refractivity contribution < 1.29 is 17.9 Å². The van der Waals surface area contributed by atoms with Crippen LogP contribution in [0.3, 0.4) is 0 Å². The molecule has 25 heavy (non-hydrogen) atoms. The fourth-order valence-corrected chi connectivity index (χ4v) is 3.52. The van der Waals surface area contributed by atoms with Crippen LogP contribution in [-0.2, 0) is 0 Å². The second kappa shape index (κ2) is 9.64. The Kier molecular flexibility index (Phi) is 8.50. The van der Waals surface area contributed by atoms with Crippen molar-refractivity contribution in [3.63, 3.8) is 0 Å². The summed E-state index contributed by atoms with van der Waals surface area (Å²) in [4.78, 5) is 2.35. The molecule has 1 fully saturated rings. The maximum Gasteiger partial charge on any atom is 0.573 e. The predicted octanol–water partition coefficient (Wildman–Crippen LogP) is 4.48. The van der Waals surface area contributed by atoms with Crippen LogP contribution in [0, 0.1) is 0 Å². The Bertz CT molecular complexity index is 617. The number of alkyl halides is 3. The number of thiophene rings is 1. The molecule has 0 spiro atoms. The number of nitrogens with zero attached hydrogens (tertiary/aromatic N) is 1. The van der Waals surface area contributed by atoms with Crippen LogP contribution in [0.2, 0.25) is 0 Å². The fourth-order valence-electron chi connectivity index (χ4n) is 2.84. The summed E-state index contributed by atoms with van der Waals surface area (Å²) in [5, 5.41) is 7.43. The Morgan fingerprint density at radius 2 is 1.64 bits per heavy atom. The zero-order chi connectivity index (χ0) is 16.3. The molecule has 3 nitrogen and oxygen atoms in total. The summed E-state index contributed by atoms with van der Waals surface area (Å²) in [5.41, 5.74) is 2.14. The lowest BCUT2D eigenvalue weighted by Gasteiger charge is -2.35. The monoisotopic (exact) mass is 414 g/mol. The molecule has 1 aromatic carbocycles. The Labute approximate surface area is 161 Å². The van der Waals surface area contributed by atoms with Gasteiger partial charge in [-0.1, -0.05) is 12.1 Å². The second-order valence-electron chi connectivity index (χ2n) is 5.36. The van der Waals surface area contributed by atoms with E-state index in [1.807, 2.05) is 5.38 Å². The number of halogens is 5. The summed E-state index contributed by atoms with van der Waals surface area (Å²) < 4.78 is 40.8. The van der Waals surface area contributed by atoms with Crippen molar-refractivity contribution in [1.82, 2.24) is 10.2 Å².